The Morgan fingerprint density at radius 3 is 0.769 bits per heavy atom. The Morgan fingerprint density at radius 2 is 0.500 bits per heavy atom. The minimum Gasteiger partial charge on any atom is -0.462 e. The number of ether oxygens (including phenoxy) is 4. The number of carbonyl (C=O) groups is 4. The molecule has 0 bridgehead atoms. The molecule has 0 saturated carbocycles. The molecule has 0 aliphatic carbocycles. The quantitative estimate of drug-likeness (QED) is 0.0169. The molecular formula is C85H134O17P2. The Morgan fingerprint density at radius 1 is 0.279 bits per heavy atom. The molecule has 17 nitrogen and oxygen atoms in total. The molecule has 0 aromatic rings. The van der Waals surface area contributed by atoms with Crippen LogP contribution in [-0.4, -0.2) is 96.7 Å². The van der Waals surface area contributed by atoms with E-state index < -0.39 is 97.5 Å². The van der Waals surface area contributed by atoms with Gasteiger partial charge in [-0.2, -0.15) is 0 Å². The Labute approximate surface area is 627 Å². The van der Waals surface area contributed by atoms with E-state index in [2.05, 4.69) is 174 Å². The van der Waals surface area contributed by atoms with Gasteiger partial charge in [-0.25, -0.2) is 9.13 Å². The third-order valence-electron chi connectivity index (χ3n) is 15.1. The van der Waals surface area contributed by atoms with E-state index in [1.807, 2.05) is 24.3 Å². The van der Waals surface area contributed by atoms with Gasteiger partial charge in [0, 0.05) is 12.8 Å². The second-order valence-corrected chi connectivity index (χ2v) is 27.7. The summed E-state index contributed by atoms with van der Waals surface area (Å²) in [7, 11) is -10.0. The summed E-state index contributed by atoms with van der Waals surface area (Å²) < 4.78 is 68.2. The molecule has 0 aromatic heterocycles. The first-order valence-electron chi connectivity index (χ1n) is 38.7. The molecule has 19 heteroatoms. The van der Waals surface area contributed by atoms with Gasteiger partial charge in [0.2, 0.25) is 0 Å². The monoisotopic (exact) mass is 1490 g/mol. The van der Waals surface area contributed by atoms with Gasteiger partial charge < -0.3 is 33.8 Å². The fraction of sp³-hybridized carbons (Fsp3) is 0.576. The Balaban J connectivity index is 5.52. The molecule has 0 amide bonds. The summed E-state index contributed by atoms with van der Waals surface area (Å²) in [6.45, 7) is 4.14. The van der Waals surface area contributed by atoms with Crippen molar-refractivity contribution >= 4 is 39.5 Å². The molecule has 0 saturated heterocycles. The van der Waals surface area contributed by atoms with Crippen LogP contribution >= 0.6 is 15.6 Å². The standard InChI is InChI=1S/C85H134O17P2/c1-5-9-13-17-21-25-29-33-37-39-43-45-49-53-57-61-65-69-82(87)95-75-80(101-84(89)71-67-63-59-55-51-47-41-35-31-27-23-19-15-11-7-3)77-99-103(91,92)97-73-79(86)74-98-104(93,94)100-78-81(102-85(90)72-68-64-60-56-52-48-42-36-32-28-24-20-16-12-8-4)76-96-83(88)70-66-62-58-54-50-46-44-40-38-34-30-26-22-18-14-10-6-2/h9-16,21-28,33-38,41-42,51-52,55-56,63-64,67-68,79-81,86H,5-8,17-20,29-32,39-40,43-50,53-54,57-62,65-66,69-78H2,1-4H3,(H,91,92)(H,93,94)/b13-9-,14-10-,15-11-,16-12-,25-21-,26-22-,27-23-,28-24-,37-33-,38-34-,41-35-,42-36-,55-51-,56-52-,67-63-,68-64-. The zero-order valence-corrected chi connectivity index (χ0v) is 65.6. The van der Waals surface area contributed by atoms with Gasteiger partial charge in [-0.05, 0) is 141 Å². The Hall–Kier alpha value is -6.10. The first kappa shape index (κ1) is 97.9. The molecule has 0 aromatic carbocycles. The number of hydrogen-bond acceptors (Lipinski definition) is 15. The number of phosphoric ester groups is 2. The molecule has 0 fully saturated rings. The van der Waals surface area contributed by atoms with Crippen LogP contribution in [0.5, 0.6) is 0 Å². The zero-order valence-electron chi connectivity index (χ0n) is 63.9. The first-order chi connectivity index (χ1) is 50.7. The van der Waals surface area contributed by atoms with Crippen molar-refractivity contribution in [1.82, 2.24) is 0 Å². The van der Waals surface area contributed by atoms with Gasteiger partial charge in [0.25, 0.3) is 0 Å². The number of allylic oxidation sites excluding steroid dienone is 30. The minimum atomic E-state index is -5.02. The largest absolute Gasteiger partial charge is 0.472 e. The molecular weight excluding hydrogens is 1350 g/mol. The SMILES string of the molecule is CC/C=C\C/C=C\C/C=C\C/C=C\C/C=C\CC(=O)OC(COC(=O)CCCCCCCCC/C=C\C/C=C\C/C=C\CC)COP(=O)(O)OCC(O)COP(=O)(O)OCC(COC(=O)CCCCCCCCC/C=C\C/C=C\C/C=C\CC)OC(=O)C/C=C\C/C=C\C/C=C\C/C=C\C/C=C\CC. The average Bonchev–Trinajstić information content (AvgIpc) is 1.21. The van der Waals surface area contributed by atoms with Gasteiger partial charge in [-0.15, -0.1) is 0 Å². The number of aliphatic hydroxyl groups is 1. The van der Waals surface area contributed by atoms with Crippen LogP contribution in [0.3, 0.4) is 0 Å². The molecule has 0 heterocycles. The highest BCUT2D eigenvalue weighted by Crippen LogP contribution is 2.45. The number of phosphoric acid groups is 2. The van der Waals surface area contributed by atoms with Crippen LogP contribution in [0, 0.1) is 0 Å². The van der Waals surface area contributed by atoms with E-state index in [9.17, 15) is 43.2 Å². The summed E-state index contributed by atoms with van der Waals surface area (Å²) >= 11 is 0. The van der Waals surface area contributed by atoms with Crippen molar-refractivity contribution in [2.24, 2.45) is 0 Å². The van der Waals surface area contributed by atoms with Crippen LogP contribution in [0.2, 0.25) is 0 Å². The summed E-state index contributed by atoms with van der Waals surface area (Å²) in [4.78, 5) is 72.8. The van der Waals surface area contributed by atoms with Crippen molar-refractivity contribution in [3.63, 3.8) is 0 Å². The van der Waals surface area contributed by atoms with Crippen molar-refractivity contribution in [1.29, 1.82) is 0 Å². The Kier molecular flexibility index (Phi) is 70.7. The molecule has 586 valence electrons. The third-order valence-corrected chi connectivity index (χ3v) is 17.0. The maximum atomic E-state index is 13.1. The molecule has 0 radical (unpaired) electrons. The van der Waals surface area contributed by atoms with E-state index in [1.54, 1.807) is 24.3 Å². The van der Waals surface area contributed by atoms with Gasteiger partial charge in [-0.1, -0.05) is 286 Å². The minimum absolute atomic E-state index is 0.121. The van der Waals surface area contributed by atoms with E-state index in [0.717, 1.165) is 180 Å². The van der Waals surface area contributed by atoms with Crippen LogP contribution in [0.25, 0.3) is 0 Å². The lowest BCUT2D eigenvalue weighted by molar-refractivity contribution is -0.160. The third kappa shape index (κ3) is 74.2. The molecule has 4 atom stereocenters. The van der Waals surface area contributed by atoms with Gasteiger partial charge >= 0.3 is 39.5 Å². The van der Waals surface area contributed by atoms with Gasteiger partial charge in [0.05, 0.1) is 39.3 Å². The number of hydrogen-bond donors (Lipinski definition) is 3. The predicted octanol–water partition coefficient (Wildman–Crippen LogP) is 22.5. The van der Waals surface area contributed by atoms with Crippen LogP contribution in [0.1, 0.15) is 259 Å². The molecule has 0 aliphatic rings. The van der Waals surface area contributed by atoms with E-state index in [-0.39, 0.29) is 25.7 Å². The maximum Gasteiger partial charge on any atom is 0.472 e. The van der Waals surface area contributed by atoms with Gasteiger partial charge in [-0.3, -0.25) is 37.3 Å². The smallest absolute Gasteiger partial charge is 0.462 e. The number of carbonyl (C=O) groups excluding carboxylic acids is 4. The van der Waals surface area contributed by atoms with E-state index in [0.29, 0.717) is 25.7 Å². The topological polar surface area (TPSA) is 237 Å². The normalized spacial score (nSPS) is 15.0. The molecule has 3 N–H and O–H groups in total. The number of aliphatic hydroxyl groups excluding tert-OH is 1. The second kappa shape index (κ2) is 75.1. The lowest BCUT2D eigenvalue weighted by Gasteiger charge is -2.21. The average molecular weight is 1490 g/mol. The van der Waals surface area contributed by atoms with Crippen molar-refractivity contribution in [3.05, 3.63) is 194 Å². The molecule has 104 heavy (non-hydrogen) atoms. The second-order valence-electron chi connectivity index (χ2n) is 24.8. The summed E-state index contributed by atoms with van der Waals surface area (Å²) in [5, 5.41) is 10.6. The molecule has 0 spiro atoms. The number of unbranched alkanes of at least 4 members (excludes halogenated alkanes) is 14. The fourth-order valence-electron chi connectivity index (χ4n) is 9.40. The van der Waals surface area contributed by atoms with E-state index in [4.69, 9.17) is 37.0 Å². The van der Waals surface area contributed by atoms with Crippen molar-refractivity contribution < 1.29 is 80.2 Å². The fourth-order valence-corrected chi connectivity index (χ4v) is 11.0. The van der Waals surface area contributed by atoms with E-state index in [1.165, 1.54) is 0 Å². The van der Waals surface area contributed by atoms with Crippen LogP contribution in [-0.2, 0) is 65.4 Å². The highest BCUT2D eigenvalue weighted by Gasteiger charge is 2.30. The van der Waals surface area contributed by atoms with Crippen LogP contribution in [0.4, 0.5) is 0 Å². The number of esters is 4. The highest BCUT2D eigenvalue weighted by molar-refractivity contribution is 7.47. The van der Waals surface area contributed by atoms with Gasteiger partial charge in [0.15, 0.2) is 12.2 Å². The predicted molar refractivity (Wildman–Crippen MR) is 426 cm³/mol. The van der Waals surface area contributed by atoms with Crippen molar-refractivity contribution in [2.75, 3.05) is 39.6 Å². The van der Waals surface area contributed by atoms with Crippen LogP contribution < -0.4 is 0 Å². The lowest BCUT2D eigenvalue weighted by Crippen LogP contribution is -2.30. The lowest BCUT2D eigenvalue weighted by atomic mass is 10.1. The molecule has 0 rings (SSSR count). The van der Waals surface area contributed by atoms with Crippen molar-refractivity contribution in [2.45, 2.75) is 277 Å². The summed E-state index contributed by atoms with van der Waals surface area (Å²) in [6, 6.07) is 0. The maximum absolute atomic E-state index is 13.1. The number of rotatable bonds is 70. The van der Waals surface area contributed by atoms with E-state index >= 15 is 0 Å². The van der Waals surface area contributed by atoms with Crippen LogP contribution in [0.15, 0.2) is 194 Å². The Bertz CT molecular complexity index is 2560. The molecule has 0 aliphatic heterocycles. The highest BCUT2D eigenvalue weighted by atomic mass is 31.2. The van der Waals surface area contributed by atoms with Crippen molar-refractivity contribution in [3.8, 4) is 0 Å². The summed E-state index contributed by atoms with van der Waals surface area (Å²) in [5.41, 5.74) is 0. The summed E-state index contributed by atoms with van der Waals surface area (Å²) in [5.74, 6) is -2.52. The van der Waals surface area contributed by atoms with Gasteiger partial charge in [0.1, 0.15) is 19.3 Å². The molecule has 4 unspecified atom stereocenters. The summed E-state index contributed by atoms with van der Waals surface area (Å²) in [6.07, 6.45) is 92.0. The zero-order chi connectivity index (χ0) is 76.0. The first-order valence-corrected chi connectivity index (χ1v) is 41.7.